The third-order valence-electron chi connectivity index (χ3n) is 1.99. The molecule has 4 amide bonds. The van der Waals surface area contributed by atoms with Crippen molar-refractivity contribution in [3.05, 3.63) is 0 Å². The lowest BCUT2D eigenvalue weighted by Gasteiger charge is -2.13. The molecule has 0 aromatic carbocycles. The van der Waals surface area contributed by atoms with Gasteiger partial charge in [-0.25, -0.2) is 9.69 Å². The van der Waals surface area contributed by atoms with Crippen LogP contribution in [-0.2, 0) is 4.79 Å². The van der Waals surface area contributed by atoms with Gasteiger partial charge in [0.15, 0.2) is 0 Å². The summed E-state index contributed by atoms with van der Waals surface area (Å²) in [6, 6.07) is -0.608. The molecular weight excluding hydrogens is 208 g/mol. The number of amides is 4. The molecule has 0 aromatic rings. The summed E-state index contributed by atoms with van der Waals surface area (Å²) in [4.78, 5) is 35.4. The molecule has 0 saturated carbocycles. The monoisotopic (exact) mass is 218 g/mol. The summed E-state index contributed by atoms with van der Waals surface area (Å²) < 4.78 is 0. The van der Waals surface area contributed by atoms with Gasteiger partial charge in [-0.3, -0.25) is 14.5 Å². The zero-order chi connectivity index (χ0) is 10.7. The maximum absolute atomic E-state index is 11.4. The number of rotatable bonds is 2. The second kappa shape index (κ2) is 4.41. The first-order valence-electron chi connectivity index (χ1n) is 4.39. The minimum Gasteiger partial charge on any atom is -0.274 e. The molecule has 1 saturated heterocycles. The average molecular weight is 219 g/mol. The number of carbonyl (C=O) groups is 3. The van der Waals surface area contributed by atoms with Gasteiger partial charge in [-0.1, -0.05) is 6.92 Å². The quantitative estimate of drug-likeness (QED) is 0.520. The zero-order valence-electron chi connectivity index (χ0n) is 7.83. The van der Waals surface area contributed by atoms with Crippen molar-refractivity contribution in [3.8, 4) is 0 Å². The molecule has 78 valence electrons. The molecule has 5 nitrogen and oxygen atoms in total. The Hall–Kier alpha value is -1.10. The molecule has 6 heteroatoms. The number of halogens is 1. The summed E-state index contributed by atoms with van der Waals surface area (Å²) in [6.45, 7) is 2.29. The van der Waals surface area contributed by atoms with E-state index in [2.05, 4.69) is 0 Å². The molecule has 1 aliphatic heterocycles. The molecule has 0 N–H and O–H groups in total. The largest absolute Gasteiger partial charge is 0.334 e. The normalized spacial score (nSPS) is 16.3. The van der Waals surface area contributed by atoms with Crippen LogP contribution in [0.15, 0.2) is 0 Å². The Morgan fingerprint density at radius 1 is 1.36 bits per heavy atom. The van der Waals surface area contributed by atoms with Crippen molar-refractivity contribution in [2.75, 3.05) is 13.1 Å². The van der Waals surface area contributed by atoms with Gasteiger partial charge in [0.25, 0.3) is 0 Å². The smallest absolute Gasteiger partial charge is 0.274 e. The van der Waals surface area contributed by atoms with Gasteiger partial charge >= 0.3 is 11.4 Å². The lowest BCUT2D eigenvalue weighted by molar-refractivity contribution is -0.127. The van der Waals surface area contributed by atoms with Crippen LogP contribution >= 0.6 is 11.6 Å². The molecule has 0 spiro atoms. The lowest BCUT2D eigenvalue weighted by Crippen LogP contribution is -2.36. The van der Waals surface area contributed by atoms with Crippen molar-refractivity contribution >= 4 is 28.9 Å². The van der Waals surface area contributed by atoms with Crippen LogP contribution in [0.1, 0.15) is 19.8 Å². The van der Waals surface area contributed by atoms with Crippen molar-refractivity contribution < 1.29 is 14.4 Å². The van der Waals surface area contributed by atoms with Crippen molar-refractivity contribution in [2.24, 2.45) is 0 Å². The fraction of sp³-hybridized carbons (Fsp3) is 0.625. The molecule has 0 unspecified atom stereocenters. The highest BCUT2D eigenvalue weighted by Gasteiger charge is 2.35. The molecule has 1 heterocycles. The molecule has 1 aliphatic rings. The second-order valence-electron chi connectivity index (χ2n) is 2.98. The van der Waals surface area contributed by atoms with E-state index in [1.165, 1.54) is 0 Å². The maximum atomic E-state index is 11.4. The van der Waals surface area contributed by atoms with E-state index >= 15 is 0 Å². The lowest BCUT2D eigenvalue weighted by atomic mass is 10.3. The van der Waals surface area contributed by atoms with Gasteiger partial charge in [0, 0.05) is 19.5 Å². The summed E-state index contributed by atoms with van der Waals surface area (Å²) in [5.41, 5.74) is 0. The van der Waals surface area contributed by atoms with Crippen LogP contribution in [-0.4, -0.2) is 40.2 Å². The van der Waals surface area contributed by atoms with Crippen LogP contribution in [0.4, 0.5) is 9.59 Å². The van der Waals surface area contributed by atoms with Gasteiger partial charge in [0.1, 0.15) is 0 Å². The Morgan fingerprint density at radius 2 is 1.93 bits per heavy atom. The zero-order valence-corrected chi connectivity index (χ0v) is 8.58. The van der Waals surface area contributed by atoms with Gasteiger partial charge in [-0.2, -0.15) is 0 Å². The molecule has 0 atom stereocenters. The van der Waals surface area contributed by atoms with Gasteiger partial charge in [0.05, 0.1) is 0 Å². The van der Waals surface area contributed by atoms with Crippen molar-refractivity contribution in [1.29, 1.82) is 0 Å². The molecule has 0 aliphatic carbocycles. The van der Waals surface area contributed by atoms with E-state index in [4.69, 9.17) is 11.6 Å². The number of urea groups is 1. The number of nitrogens with zero attached hydrogens (tertiary/aromatic N) is 2. The highest BCUT2D eigenvalue weighted by atomic mass is 35.5. The Labute approximate surface area is 86.6 Å². The highest BCUT2D eigenvalue weighted by Crippen LogP contribution is 2.12. The van der Waals surface area contributed by atoms with E-state index in [9.17, 15) is 14.4 Å². The molecule has 14 heavy (non-hydrogen) atoms. The summed E-state index contributed by atoms with van der Waals surface area (Å²) in [6.07, 6.45) is 0.994. The number of carbonyl (C=O) groups excluding carboxylic acids is 3. The van der Waals surface area contributed by atoms with Crippen molar-refractivity contribution in [1.82, 2.24) is 9.80 Å². The van der Waals surface area contributed by atoms with Crippen LogP contribution in [0, 0.1) is 0 Å². The Bertz CT molecular complexity index is 280. The third-order valence-corrected chi connectivity index (χ3v) is 2.19. The third kappa shape index (κ3) is 2.04. The maximum Gasteiger partial charge on any atom is 0.334 e. The number of imide groups is 2. The summed E-state index contributed by atoms with van der Waals surface area (Å²) in [5, 5.41) is -0.832. The van der Waals surface area contributed by atoms with E-state index in [-0.39, 0.29) is 19.0 Å². The van der Waals surface area contributed by atoms with Crippen LogP contribution in [0.3, 0.4) is 0 Å². The summed E-state index contributed by atoms with van der Waals surface area (Å²) in [5.74, 6) is -0.252. The van der Waals surface area contributed by atoms with E-state index in [1.54, 1.807) is 0 Å². The first kappa shape index (κ1) is 11.0. The van der Waals surface area contributed by atoms with Crippen molar-refractivity contribution in [3.63, 3.8) is 0 Å². The first-order chi connectivity index (χ1) is 6.57. The Morgan fingerprint density at radius 3 is 2.36 bits per heavy atom. The number of hydrogen-bond acceptors (Lipinski definition) is 3. The van der Waals surface area contributed by atoms with E-state index in [0.29, 0.717) is 12.8 Å². The molecule has 0 bridgehead atoms. The Balaban J connectivity index is 2.64. The summed E-state index contributed by atoms with van der Waals surface area (Å²) >= 11 is 5.15. The second-order valence-corrected chi connectivity index (χ2v) is 3.31. The van der Waals surface area contributed by atoms with Crippen LogP contribution in [0.25, 0.3) is 0 Å². The summed E-state index contributed by atoms with van der Waals surface area (Å²) in [7, 11) is 0. The molecule has 0 radical (unpaired) electrons. The standard InChI is InChI=1S/C8H11ClN2O3/c1-2-3-6(12)10-4-5-11(7(9)13)8(10)14/h2-5H2,1H3. The Kier molecular flexibility index (Phi) is 3.46. The predicted octanol–water partition coefficient (Wildman–Crippen LogP) is 1.41. The highest BCUT2D eigenvalue weighted by molar-refractivity contribution is 6.64. The average Bonchev–Trinajstić information content (AvgIpc) is 2.47. The number of hydrogen-bond donors (Lipinski definition) is 0. The fourth-order valence-electron chi connectivity index (χ4n) is 1.28. The minimum absolute atomic E-state index is 0.191. The van der Waals surface area contributed by atoms with Crippen LogP contribution < -0.4 is 0 Å². The van der Waals surface area contributed by atoms with Gasteiger partial charge in [-0.05, 0) is 18.0 Å². The van der Waals surface area contributed by atoms with E-state index in [1.807, 2.05) is 6.92 Å². The molecule has 1 rings (SSSR count). The van der Waals surface area contributed by atoms with E-state index < -0.39 is 11.4 Å². The fourth-order valence-corrected chi connectivity index (χ4v) is 1.44. The molecule has 1 fully saturated rings. The molecular formula is C8H11ClN2O3. The van der Waals surface area contributed by atoms with Gasteiger partial charge < -0.3 is 0 Å². The van der Waals surface area contributed by atoms with Gasteiger partial charge in [-0.15, -0.1) is 0 Å². The van der Waals surface area contributed by atoms with Gasteiger partial charge in [0.2, 0.25) is 5.91 Å². The topological polar surface area (TPSA) is 57.7 Å². The SMILES string of the molecule is CCCC(=O)N1CCN(C(=O)Cl)C1=O. The first-order valence-corrected chi connectivity index (χ1v) is 4.77. The van der Waals surface area contributed by atoms with Crippen molar-refractivity contribution in [2.45, 2.75) is 19.8 Å². The molecule has 0 aromatic heterocycles. The van der Waals surface area contributed by atoms with Crippen LogP contribution in [0.2, 0.25) is 0 Å². The minimum atomic E-state index is -0.832. The van der Waals surface area contributed by atoms with E-state index in [0.717, 1.165) is 9.80 Å². The van der Waals surface area contributed by atoms with Crippen LogP contribution in [0.5, 0.6) is 0 Å². The predicted molar refractivity (Wildman–Crippen MR) is 50.0 cm³/mol.